The third-order valence-corrected chi connectivity index (χ3v) is 1.47. The van der Waals surface area contributed by atoms with Gasteiger partial charge < -0.3 is 0 Å². The topological polar surface area (TPSA) is 0 Å². The molecule has 1 aromatic carbocycles. The van der Waals surface area contributed by atoms with Crippen LogP contribution in [0.1, 0.15) is 46.1 Å². The van der Waals surface area contributed by atoms with Crippen molar-refractivity contribution in [3.8, 4) is 0 Å². The van der Waals surface area contributed by atoms with Crippen molar-refractivity contribution < 1.29 is 0 Å². The van der Waals surface area contributed by atoms with Crippen LogP contribution in [0, 0.1) is 0 Å². The Morgan fingerprint density at radius 1 is 1.00 bits per heavy atom. The molecule has 0 aliphatic rings. The van der Waals surface area contributed by atoms with E-state index < -0.39 is 0 Å². The molecule has 16 heavy (non-hydrogen) atoms. The number of allylic oxidation sites excluding steroid dienone is 1. The molecule has 0 fully saturated rings. The highest BCUT2D eigenvalue weighted by Gasteiger charge is 1.93. The number of hydrogen-bond donors (Lipinski definition) is 0. The molecule has 0 aliphatic heterocycles. The molecular weight excluding hydrogens is 192 g/mol. The van der Waals surface area contributed by atoms with Crippen LogP contribution in [0.5, 0.6) is 0 Å². The lowest BCUT2D eigenvalue weighted by Gasteiger charge is -2.01. The molecule has 0 nitrogen and oxygen atoms in total. The Hall–Kier alpha value is -1.30. The molecule has 0 saturated heterocycles. The largest absolute Gasteiger partial charge is 0.106 e. The third kappa shape index (κ3) is 15.2. The van der Waals surface area contributed by atoms with Gasteiger partial charge in [0, 0.05) is 0 Å². The van der Waals surface area contributed by atoms with Gasteiger partial charge in [-0.2, -0.15) is 0 Å². The van der Waals surface area contributed by atoms with Gasteiger partial charge in [0.25, 0.3) is 0 Å². The lowest BCUT2D eigenvalue weighted by atomic mass is 10.0. The van der Waals surface area contributed by atoms with Crippen molar-refractivity contribution in [1.29, 1.82) is 0 Å². The summed E-state index contributed by atoms with van der Waals surface area (Å²) in [5.41, 5.74) is 1.41. The molecule has 0 spiro atoms. The minimum Gasteiger partial charge on any atom is -0.106 e. The van der Waals surface area contributed by atoms with Crippen LogP contribution in [0.2, 0.25) is 0 Å². The maximum absolute atomic E-state index is 3.36. The first-order valence-corrected chi connectivity index (χ1v) is 5.84. The summed E-state index contributed by atoms with van der Waals surface area (Å²) >= 11 is 0. The fourth-order valence-electron chi connectivity index (χ4n) is 0.838. The molecule has 0 aromatic heterocycles. The Morgan fingerprint density at radius 3 is 1.50 bits per heavy atom. The zero-order valence-electron chi connectivity index (χ0n) is 11.7. The van der Waals surface area contributed by atoms with Crippen LogP contribution in [-0.4, -0.2) is 0 Å². The summed E-state index contributed by atoms with van der Waals surface area (Å²) < 4.78 is 0. The average molecular weight is 220 g/mol. The van der Waals surface area contributed by atoms with Gasteiger partial charge in [-0.05, 0) is 18.4 Å². The molecule has 0 heterocycles. The van der Waals surface area contributed by atoms with E-state index in [0.29, 0.717) is 5.92 Å². The molecular formula is C16H28. The molecule has 0 bridgehead atoms. The highest BCUT2D eigenvalue weighted by atomic mass is 14.0. The highest BCUT2D eigenvalue weighted by molar-refractivity contribution is 5.17. The quantitative estimate of drug-likeness (QED) is 0.522. The van der Waals surface area contributed by atoms with E-state index in [0.717, 1.165) is 0 Å². The molecule has 92 valence electrons. The van der Waals surface area contributed by atoms with Crippen LogP contribution in [-0.2, 0) is 0 Å². The van der Waals surface area contributed by atoms with Gasteiger partial charge in [-0.1, -0.05) is 64.1 Å². The van der Waals surface area contributed by atoms with Gasteiger partial charge in [0.05, 0.1) is 0 Å². The first-order valence-electron chi connectivity index (χ1n) is 5.84. The Balaban J connectivity index is -0.000000206. The summed E-state index contributed by atoms with van der Waals surface area (Å²) in [6.45, 7) is 19.7. The van der Waals surface area contributed by atoms with Gasteiger partial charge in [-0.15, -0.1) is 19.7 Å². The predicted octanol–water partition coefficient (Wildman–Crippen LogP) is 5.83. The number of rotatable bonds is 1. The van der Waals surface area contributed by atoms with E-state index in [9.17, 15) is 0 Å². The Labute approximate surface area is 103 Å². The summed E-state index contributed by atoms with van der Waals surface area (Å²) in [5.74, 6) is 0.659. The van der Waals surface area contributed by atoms with E-state index in [-0.39, 0.29) is 0 Å². The first kappa shape index (κ1) is 20.2. The molecule has 0 heteroatoms. The minimum atomic E-state index is 0.659. The second kappa shape index (κ2) is 19.3. The zero-order valence-corrected chi connectivity index (χ0v) is 11.7. The Kier molecular flexibility index (Phi) is 24.3. The van der Waals surface area contributed by atoms with Gasteiger partial charge in [0.15, 0.2) is 0 Å². The highest BCUT2D eigenvalue weighted by Crippen LogP contribution is 2.11. The van der Waals surface area contributed by atoms with Gasteiger partial charge in [0.1, 0.15) is 0 Å². The summed E-state index contributed by atoms with van der Waals surface area (Å²) in [6.07, 6.45) is 1.75. The number of hydrogen-bond acceptors (Lipinski definition) is 0. The standard InChI is InChI=1S/C9H12.C3H6.C2H6.C2H4/c1-8(2)9-6-4-3-5-7-9;1-3-2;2*1-2/h3-8H,1-2H3;3H,1H2,2H3;1-2H3;1-2H2. The molecule has 1 aromatic rings. The van der Waals surface area contributed by atoms with Crippen LogP contribution < -0.4 is 0 Å². The van der Waals surface area contributed by atoms with Gasteiger partial charge in [-0.25, -0.2) is 0 Å². The van der Waals surface area contributed by atoms with E-state index in [1.165, 1.54) is 5.56 Å². The van der Waals surface area contributed by atoms with Crippen molar-refractivity contribution in [3.63, 3.8) is 0 Å². The van der Waals surface area contributed by atoms with Gasteiger partial charge >= 0.3 is 0 Å². The van der Waals surface area contributed by atoms with Crippen LogP contribution in [0.15, 0.2) is 56.1 Å². The van der Waals surface area contributed by atoms with E-state index in [1.807, 2.05) is 26.8 Å². The van der Waals surface area contributed by atoms with Crippen molar-refractivity contribution in [3.05, 3.63) is 61.7 Å². The van der Waals surface area contributed by atoms with Gasteiger partial charge in [-0.3, -0.25) is 0 Å². The summed E-state index contributed by atoms with van der Waals surface area (Å²) in [4.78, 5) is 0. The molecule has 0 amide bonds. The zero-order chi connectivity index (χ0) is 13.4. The second-order valence-electron chi connectivity index (χ2n) is 2.97. The predicted molar refractivity (Wildman–Crippen MR) is 79.0 cm³/mol. The number of benzene rings is 1. The maximum atomic E-state index is 3.36. The smallest absolute Gasteiger partial charge is 0.0219 e. The normalized spacial score (nSPS) is 7.12. The van der Waals surface area contributed by atoms with Crippen LogP contribution in [0.25, 0.3) is 0 Å². The second-order valence-corrected chi connectivity index (χ2v) is 2.97. The first-order chi connectivity index (χ1) is 7.72. The molecule has 0 N–H and O–H groups in total. The molecule has 0 radical (unpaired) electrons. The molecule has 0 aliphatic carbocycles. The summed E-state index contributed by atoms with van der Waals surface area (Å²) in [6, 6.07) is 10.5. The van der Waals surface area contributed by atoms with Crippen molar-refractivity contribution in [1.82, 2.24) is 0 Å². The molecule has 0 atom stereocenters. The van der Waals surface area contributed by atoms with E-state index in [1.54, 1.807) is 6.08 Å². The van der Waals surface area contributed by atoms with Crippen molar-refractivity contribution in [2.45, 2.75) is 40.5 Å². The van der Waals surface area contributed by atoms with Crippen molar-refractivity contribution in [2.75, 3.05) is 0 Å². The Bertz CT molecular complexity index is 209. The van der Waals surface area contributed by atoms with Crippen molar-refractivity contribution in [2.24, 2.45) is 0 Å². The van der Waals surface area contributed by atoms with E-state index >= 15 is 0 Å². The van der Waals surface area contributed by atoms with Crippen LogP contribution >= 0.6 is 0 Å². The fraction of sp³-hybridized carbons (Fsp3) is 0.375. The Morgan fingerprint density at radius 2 is 1.31 bits per heavy atom. The fourth-order valence-corrected chi connectivity index (χ4v) is 0.838. The summed E-state index contributed by atoms with van der Waals surface area (Å²) in [5, 5.41) is 0. The van der Waals surface area contributed by atoms with E-state index in [2.05, 4.69) is 57.8 Å². The van der Waals surface area contributed by atoms with Crippen molar-refractivity contribution >= 4 is 0 Å². The lowest BCUT2D eigenvalue weighted by molar-refractivity contribution is 0.867. The minimum absolute atomic E-state index is 0.659. The van der Waals surface area contributed by atoms with Crippen LogP contribution in [0.3, 0.4) is 0 Å². The molecule has 0 unspecified atom stereocenters. The molecule has 1 rings (SSSR count). The lowest BCUT2D eigenvalue weighted by Crippen LogP contribution is -1.83. The van der Waals surface area contributed by atoms with Gasteiger partial charge in [0.2, 0.25) is 0 Å². The van der Waals surface area contributed by atoms with Crippen LogP contribution in [0.4, 0.5) is 0 Å². The SMILES string of the molecule is C=C.C=CC.CC.CC(C)c1ccccc1. The molecule has 0 saturated carbocycles. The monoisotopic (exact) mass is 220 g/mol. The van der Waals surface area contributed by atoms with E-state index in [4.69, 9.17) is 0 Å². The third-order valence-electron chi connectivity index (χ3n) is 1.47. The maximum Gasteiger partial charge on any atom is -0.0219 e. The summed E-state index contributed by atoms with van der Waals surface area (Å²) in [7, 11) is 0. The average Bonchev–Trinajstić information content (AvgIpc) is 2.36.